The molecule has 0 unspecified atom stereocenters. The predicted octanol–water partition coefficient (Wildman–Crippen LogP) is 2.17. The van der Waals surface area contributed by atoms with Crippen LogP contribution in [0.15, 0.2) is 24.4 Å². The van der Waals surface area contributed by atoms with Gasteiger partial charge in [0.05, 0.1) is 23.3 Å². The number of benzene rings is 1. The number of aromatic nitrogens is 4. The zero-order valence-corrected chi connectivity index (χ0v) is 13.1. The third kappa shape index (κ3) is 2.27. The Morgan fingerprint density at radius 1 is 1.22 bits per heavy atom. The summed E-state index contributed by atoms with van der Waals surface area (Å²) in [5.74, 6) is 0.00505. The van der Waals surface area contributed by atoms with E-state index in [1.807, 2.05) is 30.9 Å². The molecule has 3 aromatic rings. The Labute approximate surface area is 133 Å². The number of fused-ring (bicyclic) bond motifs is 2. The fourth-order valence-corrected chi connectivity index (χ4v) is 3.14. The summed E-state index contributed by atoms with van der Waals surface area (Å²) >= 11 is 0. The summed E-state index contributed by atoms with van der Waals surface area (Å²) in [6, 6.07) is 5.98. The fraction of sp³-hybridized carbons (Fsp3) is 0.294. The highest BCUT2D eigenvalue weighted by atomic mass is 16.2. The van der Waals surface area contributed by atoms with Crippen LogP contribution in [0.4, 0.5) is 0 Å². The minimum absolute atomic E-state index is 0.00505. The molecule has 2 aromatic heterocycles. The molecule has 23 heavy (non-hydrogen) atoms. The molecule has 0 aliphatic carbocycles. The number of carbonyl (C=O) groups is 1. The number of nitrogens with one attached hydrogen (secondary N) is 1. The number of carbonyl (C=O) groups excluding carboxylic acids is 1. The molecule has 1 aromatic carbocycles. The second kappa shape index (κ2) is 5.15. The molecule has 1 amide bonds. The number of hydrogen-bond acceptors (Lipinski definition) is 4. The number of amides is 1. The van der Waals surface area contributed by atoms with Crippen LogP contribution in [0.25, 0.3) is 10.9 Å². The smallest absolute Gasteiger partial charge is 0.256 e. The largest absolute Gasteiger partial charge is 0.332 e. The Kier molecular flexibility index (Phi) is 3.11. The van der Waals surface area contributed by atoms with E-state index in [2.05, 4.69) is 26.5 Å². The van der Waals surface area contributed by atoms with E-state index in [-0.39, 0.29) is 5.91 Å². The van der Waals surface area contributed by atoms with Crippen LogP contribution < -0.4 is 0 Å². The van der Waals surface area contributed by atoms with Gasteiger partial charge >= 0.3 is 0 Å². The summed E-state index contributed by atoms with van der Waals surface area (Å²) in [5, 5.41) is 11.9. The van der Waals surface area contributed by atoms with Gasteiger partial charge < -0.3 is 4.90 Å². The van der Waals surface area contributed by atoms with E-state index in [9.17, 15) is 4.79 Å². The van der Waals surface area contributed by atoms with Crippen LogP contribution in [0, 0.1) is 13.8 Å². The lowest BCUT2D eigenvalue weighted by Gasteiger charge is -2.26. The van der Waals surface area contributed by atoms with Crippen LogP contribution in [0.3, 0.4) is 0 Å². The van der Waals surface area contributed by atoms with Gasteiger partial charge in [0.1, 0.15) is 5.69 Å². The molecular formula is C17H17N5O. The highest BCUT2D eigenvalue weighted by molar-refractivity contribution is 6.06. The number of hydrogen-bond donors (Lipinski definition) is 1. The molecule has 3 heterocycles. The average molecular weight is 307 g/mol. The summed E-state index contributed by atoms with van der Waals surface area (Å²) in [5.41, 5.74) is 5.44. The van der Waals surface area contributed by atoms with Crippen molar-refractivity contribution in [2.75, 3.05) is 6.54 Å². The Balaban J connectivity index is 1.77. The first-order chi connectivity index (χ1) is 11.1. The summed E-state index contributed by atoms with van der Waals surface area (Å²) in [6.45, 7) is 5.19. The quantitative estimate of drug-likeness (QED) is 0.747. The molecule has 0 radical (unpaired) electrons. The molecule has 6 nitrogen and oxygen atoms in total. The van der Waals surface area contributed by atoms with Crippen molar-refractivity contribution < 1.29 is 4.79 Å². The van der Waals surface area contributed by atoms with Gasteiger partial charge in [-0.05, 0) is 43.2 Å². The fourth-order valence-electron chi connectivity index (χ4n) is 3.14. The maximum Gasteiger partial charge on any atom is 0.256 e. The highest BCUT2D eigenvalue weighted by Gasteiger charge is 2.26. The van der Waals surface area contributed by atoms with Crippen LogP contribution in [0.2, 0.25) is 0 Å². The van der Waals surface area contributed by atoms with Gasteiger partial charge in [-0.1, -0.05) is 0 Å². The number of aromatic amines is 1. The van der Waals surface area contributed by atoms with E-state index in [1.165, 1.54) is 0 Å². The van der Waals surface area contributed by atoms with Crippen molar-refractivity contribution in [2.24, 2.45) is 0 Å². The maximum absolute atomic E-state index is 13.0. The minimum atomic E-state index is 0.00505. The van der Waals surface area contributed by atoms with Crippen molar-refractivity contribution >= 4 is 16.8 Å². The van der Waals surface area contributed by atoms with Gasteiger partial charge in [0.2, 0.25) is 0 Å². The van der Waals surface area contributed by atoms with Crippen molar-refractivity contribution in [1.29, 1.82) is 0 Å². The molecular weight excluding hydrogens is 290 g/mol. The van der Waals surface area contributed by atoms with Gasteiger partial charge in [0, 0.05) is 24.5 Å². The van der Waals surface area contributed by atoms with Gasteiger partial charge in [0.15, 0.2) is 0 Å². The number of rotatable bonds is 1. The van der Waals surface area contributed by atoms with Crippen molar-refractivity contribution in [3.8, 4) is 0 Å². The van der Waals surface area contributed by atoms with Crippen molar-refractivity contribution in [2.45, 2.75) is 26.8 Å². The lowest BCUT2D eigenvalue weighted by Crippen LogP contribution is -2.36. The maximum atomic E-state index is 13.0. The zero-order valence-electron chi connectivity index (χ0n) is 13.1. The molecule has 1 N–H and O–H groups in total. The molecule has 6 heteroatoms. The van der Waals surface area contributed by atoms with Gasteiger partial charge in [-0.25, -0.2) is 0 Å². The molecule has 4 rings (SSSR count). The molecule has 0 saturated carbocycles. The van der Waals surface area contributed by atoms with E-state index in [1.54, 1.807) is 6.20 Å². The molecule has 0 atom stereocenters. The lowest BCUT2D eigenvalue weighted by molar-refractivity contribution is 0.0733. The van der Waals surface area contributed by atoms with Gasteiger partial charge in [-0.3, -0.25) is 9.78 Å². The van der Waals surface area contributed by atoms with Crippen LogP contribution in [0.5, 0.6) is 0 Å². The first-order valence-corrected chi connectivity index (χ1v) is 7.67. The van der Waals surface area contributed by atoms with Crippen LogP contribution in [-0.2, 0) is 13.0 Å². The number of H-pyrrole nitrogens is 1. The number of nitrogens with zero attached hydrogens (tertiary/aromatic N) is 4. The van der Waals surface area contributed by atoms with Crippen LogP contribution in [0.1, 0.15) is 32.9 Å². The Bertz CT molecular complexity index is 914. The Morgan fingerprint density at radius 3 is 2.91 bits per heavy atom. The van der Waals surface area contributed by atoms with E-state index < -0.39 is 0 Å². The first kappa shape index (κ1) is 13.9. The molecule has 1 aliphatic heterocycles. The number of pyridine rings is 1. The molecule has 0 bridgehead atoms. The topological polar surface area (TPSA) is 74.8 Å². The van der Waals surface area contributed by atoms with Crippen molar-refractivity contribution in [3.63, 3.8) is 0 Å². The normalized spacial score (nSPS) is 14.1. The van der Waals surface area contributed by atoms with E-state index in [4.69, 9.17) is 0 Å². The SMILES string of the molecule is Cc1cc(C(=O)N2CCc3n[nH]nc3C2)c2nccc(C)c2c1. The monoisotopic (exact) mass is 307 g/mol. The third-order valence-electron chi connectivity index (χ3n) is 4.39. The van der Waals surface area contributed by atoms with Gasteiger partial charge in [-0.15, -0.1) is 0 Å². The third-order valence-corrected chi connectivity index (χ3v) is 4.39. The summed E-state index contributed by atoms with van der Waals surface area (Å²) < 4.78 is 0. The molecule has 1 aliphatic rings. The summed E-state index contributed by atoms with van der Waals surface area (Å²) in [7, 11) is 0. The summed E-state index contributed by atoms with van der Waals surface area (Å²) in [6.07, 6.45) is 2.49. The average Bonchev–Trinajstić information content (AvgIpc) is 3.02. The second-order valence-corrected chi connectivity index (χ2v) is 6.03. The standard InChI is InChI=1S/C17H17N5O/c1-10-7-12-11(2)3-5-18-16(12)13(8-10)17(23)22-6-4-14-15(9-22)20-21-19-14/h3,5,7-8H,4,6,9H2,1-2H3,(H,19,20,21). The van der Waals surface area contributed by atoms with E-state index >= 15 is 0 Å². The number of aryl methyl sites for hydroxylation is 2. The van der Waals surface area contributed by atoms with E-state index in [0.717, 1.165) is 39.8 Å². The first-order valence-electron chi connectivity index (χ1n) is 7.67. The van der Waals surface area contributed by atoms with Gasteiger partial charge in [-0.2, -0.15) is 15.4 Å². The molecule has 0 saturated heterocycles. The van der Waals surface area contributed by atoms with Gasteiger partial charge in [0.25, 0.3) is 5.91 Å². The molecule has 0 fully saturated rings. The van der Waals surface area contributed by atoms with E-state index in [0.29, 0.717) is 18.7 Å². The Hall–Kier alpha value is -2.76. The van der Waals surface area contributed by atoms with Crippen molar-refractivity contribution in [1.82, 2.24) is 25.3 Å². The Morgan fingerprint density at radius 2 is 2.04 bits per heavy atom. The second-order valence-electron chi connectivity index (χ2n) is 6.03. The molecule has 116 valence electrons. The lowest BCUT2D eigenvalue weighted by atomic mass is 10.0. The predicted molar refractivity (Wildman–Crippen MR) is 86.0 cm³/mol. The minimum Gasteiger partial charge on any atom is -0.332 e. The van der Waals surface area contributed by atoms with Crippen molar-refractivity contribution in [3.05, 3.63) is 52.5 Å². The van der Waals surface area contributed by atoms with Crippen LogP contribution in [-0.4, -0.2) is 37.7 Å². The summed E-state index contributed by atoms with van der Waals surface area (Å²) in [4.78, 5) is 19.3. The molecule has 0 spiro atoms. The zero-order chi connectivity index (χ0) is 16.0. The van der Waals surface area contributed by atoms with Crippen LogP contribution >= 0.6 is 0 Å². The highest BCUT2D eigenvalue weighted by Crippen LogP contribution is 2.25.